The lowest BCUT2D eigenvalue weighted by atomic mass is 9.99. The van der Waals surface area contributed by atoms with Crippen molar-refractivity contribution < 1.29 is 13.9 Å². The van der Waals surface area contributed by atoms with Crippen LogP contribution < -0.4 is 5.32 Å². The molecule has 0 radical (unpaired) electrons. The van der Waals surface area contributed by atoms with Gasteiger partial charge in [0.05, 0.1) is 6.61 Å². The average molecular weight is 292 g/mol. The molecule has 1 aromatic rings. The molecule has 0 aromatic heterocycles. The van der Waals surface area contributed by atoms with Crippen LogP contribution in [0, 0.1) is 5.82 Å². The molecule has 1 aliphatic heterocycles. The highest BCUT2D eigenvalue weighted by atomic mass is 19.1. The van der Waals surface area contributed by atoms with E-state index in [0.29, 0.717) is 6.61 Å². The summed E-state index contributed by atoms with van der Waals surface area (Å²) >= 11 is 0. The average Bonchev–Trinajstić information content (AvgIpc) is 2.46. The van der Waals surface area contributed by atoms with Crippen molar-refractivity contribution in [3.05, 3.63) is 35.7 Å². The van der Waals surface area contributed by atoms with Gasteiger partial charge in [-0.1, -0.05) is 6.08 Å². The van der Waals surface area contributed by atoms with Gasteiger partial charge < -0.3 is 15.0 Å². The molecule has 0 amide bonds. The first-order valence-corrected chi connectivity index (χ1v) is 7.17. The minimum atomic E-state index is -0.317. The van der Waals surface area contributed by atoms with E-state index in [4.69, 9.17) is 4.74 Å². The summed E-state index contributed by atoms with van der Waals surface area (Å²) in [5, 5.41) is 3.04. The van der Waals surface area contributed by atoms with E-state index in [1.54, 1.807) is 13.0 Å². The lowest BCUT2D eigenvalue weighted by Crippen LogP contribution is -2.25. The van der Waals surface area contributed by atoms with Crippen LogP contribution in [0.25, 0.3) is 5.57 Å². The molecule has 1 aromatic carbocycles. The first-order chi connectivity index (χ1) is 10.1. The van der Waals surface area contributed by atoms with Gasteiger partial charge in [-0.15, -0.1) is 0 Å². The second-order valence-corrected chi connectivity index (χ2v) is 5.10. The van der Waals surface area contributed by atoms with Crippen LogP contribution in [0.15, 0.2) is 24.3 Å². The van der Waals surface area contributed by atoms with Crippen molar-refractivity contribution in [2.45, 2.75) is 13.3 Å². The molecule has 0 spiro atoms. The number of halogens is 1. The van der Waals surface area contributed by atoms with E-state index in [2.05, 4.69) is 16.3 Å². The largest absolute Gasteiger partial charge is 0.465 e. The molecule has 21 heavy (non-hydrogen) atoms. The molecule has 0 atom stereocenters. The van der Waals surface area contributed by atoms with Gasteiger partial charge in [-0.25, -0.2) is 4.39 Å². The predicted octanol–water partition coefficient (Wildman–Crippen LogP) is 2.52. The highest BCUT2D eigenvalue weighted by Crippen LogP contribution is 2.27. The van der Waals surface area contributed by atoms with E-state index in [-0.39, 0.29) is 18.3 Å². The zero-order chi connectivity index (χ0) is 15.2. The Balaban J connectivity index is 2.17. The molecule has 1 aliphatic rings. The number of carbonyl (C=O) groups is 1. The van der Waals surface area contributed by atoms with E-state index in [1.807, 2.05) is 7.05 Å². The first kappa shape index (κ1) is 15.5. The van der Waals surface area contributed by atoms with E-state index in [1.165, 1.54) is 12.1 Å². The number of esters is 1. The molecule has 0 aliphatic carbocycles. The third-order valence-corrected chi connectivity index (χ3v) is 3.40. The van der Waals surface area contributed by atoms with Crippen molar-refractivity contribution in [2.24, 2.45) is 0 Å². The Labute approximate surface area is 124 Å². The van der Waals surface area contributed by atoms with E-state index < -0.39 is 0 Å². The van der Waals surface area contributed by atoms with Gasteiger partial charge in [-0.05, 0) is 44.2 Å². The number of hydrogen-bond acceptors (Lipinski definition) is 4. The van der Waals surface area contributed by atoms with Gasteiger partial charge in [-0.3, -0.25) is 4.79 Å². The third-order valence-electron chi connectivity index (χ3n) is 3.40. The number of benzene rings is 1. The molecule has 0 saturated heterocycles. The maximum absolute atomic E-state index is 13.6. The van der Waals surface area contributed by atoms with Crippen LogP contribution in [0.3, 0.4) is 0 Å². The second kappa shape index (κ2) is 7.22. The number of rotatable bonds is 5. The third kappa shape index (κ3) is 4.29. The maximum atomic E-state index is 13.6. The zero-order valence-electron chi connectivity index (χ0n) is 12.5. The molecule has 1 heterocycles. The minimum absolute atomic E-state index is 0.0790. The number of likely N-dealkylation sites (N-methyl/N-ethyl adjacent to an activating group) is 1. The molecule has 4 nitrogen and oxygen atoms in total. The summed E-state index contributed by atoms with van der Waals surface area (Å²) < 4.78 is 18.5. The summed E-state index contributed by atoms with van der Waals surface area (Å²) in [6.07, 6.45) is 3.07. The molecule has 2 rings (SSSR count). The summed E-state index contributed by atoms with van der Waals surface area (Å²) in [6.45, 7) is 3.98. The number of anilines is 1. The Morgan fingerprint density at radius 1 is 1.48 bits per heavy atom. The highest BCUT2D eigenvalue weighted by Gasteiger charge is 2.15. The van der Waals surface area contributed by atoms with Gasteiger partial charge >= 0.3 is 5.97 Å². The normalized spacial score (nSPS) is 15.5. The molecule has 0 unspecified atom stereocenters. The Kier molecular flexibility index (Phi) is 5.33. The molecular formula is C16H21FN2O2. The van der Waals surface area contributed by atoms with E-state index in [0.717, 1.165) is 36.3 Å². The molecular weight excluding hydrogens is 271 g/mol. The fourth-order valence-corrected chi connectivity index (χ4v) is 2.40. The van der Waals surface area contributed by atoms with Crippen LogP contribution >= 0.6 is 0 Å². The van der Waals surface area contributed by atoms with E-state index in [9.17, 15) is 9.18 Å². The maximum Gasteiger partial charge on any atom is 0.325 e. The van der Waals surface area contributed by atoms with Gasteiger partial charge in [0.15, 0.2) is 0 Å². The van der Waals surface area contributed by atoms with Gasteiger partial charge in [0.2, 0.25) is 0 Å². The molecule has 0 bridgehead atoms. The van der Waals surface area contributed by atoms with Crippen molar-refractivity contribution in [3.8, 4) is 0 Å². The lowest BCUT2D eigenvalue weighted by Gasteiger charge is -2.24. The number of nitrogens with zero attached hydrogens (tertiary/aromatic N) is 1. The summed E-state index contributed by atoms with van der Waals surface area (Å²) in [5.74, 6) is -0.594. The molecule has 5 heteroatoms. The zero-order valence-corrected chi connectivity index (χ0v) is 12.5. The van der Waals surface area contributed by atoms with Gasteiger partial charge in [0.25, 0.3) is 0 Å². The minimum Gasteiger partial charge on any atom is -0.465 e. The summed E-state index contributed by atoms with van der Waals surface area (Å²) in [4.78, 5) is 13.6. The van der Waals surface area contributed by atoms with Gasteiger partial charge in [0, 0.05) is 24.3 Å². The standard InChI is InChI=1S/C16H21FN2O2/c1-3-21-16(20)10-18-15-7-6-13(17)9-14(15)12-5-4-8-19(2)11-12/h5-7,9,18H,3-4,8,10-11H2,1-2H3. The number of hydrogen-bond donors (Lipinski definition) is 1. The fourth-order valence-electron chi connectivity index (χ4n) is 2.40. The van der Waals surface area contributed by atoms with Crippen molar-refractivity contribution in [1.82, 2.24) is 4.90 Å². The summed E-state index contributed by atoms with van der Waals surface area (Å²) in [5.41, 5.74) is 2.64. The number of nitrogens with one attached hydrogen (secondary N) is 1. The van der Waals surface area contributed by atoms with Crippen LogP contribution in [0.5, 0.6) is 0 Å². The molecule has 0 fully saturated rings. The summed E-state index contributed by atoms with van der Waals surface area (Å²) in [7, 11) is 2.04. The fraction of sp³-hybridized carbons (Fsp3) is 0.438. The van der Waals surface area contributed by atoms with Crippen molar-refractivity contribution >= 4 is 17.2 Å². The Morgan fingerprint density at radius 3 is 3.00 bits per heavy atom. The van der Waals surface area contributed by atoms with Crippen LogP contribution in [-0.2, 0) is 9.53 Å². The van der Waals surface area contributed by atoms with Gasteiger partial charge in [-0.2, -0.15) is 0 Å². The summed E-state index contributed by atoms with van der Waals surface area (Å²) in [6, 6.07) is 4.57. The van der Waals surface area contributed by atoms with Crippen LogP contribution in [0.1, 0.15) is 18.9 Å². The van der Waals surface area contributed by atoms with E-state index >= 15 is 0 Å². The Morgan fingerprint density at radius 2 is 2.29 bits per heavy atom. The van der Waals surface area contributed by atoms with Crippen LogP contribution in [-0.4, -0.2) is 44.2 Å². The first-order valence-electron chi connectivity index (χ1n) is 7.17. The SMILES string of the molecule is CCOC(=O)CNc1ccc(F)cc1C1=CCCN(C)C1. The molecule has 1 N–H and O–H groups in total. The lowest BCUT2D eigenvalue weighted by molar-refractivity contribution is -0.140. The predicted molar refractivity (Wildman–Crippen MR) is 81.6 cm³/mol. The number of carbonyl (C=O) groups excluding carboxylic acids is 1. The topological polar surface area (TPSA) is 41.6 Å². The Bertz CT molecular complexity index is 543. The van der Waals surface area contributed by atoms with Crippen molar-refractivity contribution in [2.75, 3.05) is 38.6 Å². The number of ether oxygens (including phenoxy) is 1. The highest BCUT2D eigenvalue weighted by molar-refractivity contribution is 5.81. The smallest absolute Gasteiger partial charge is 0.325 e. The van der Waals surface area contributed by atoms with Crippen molar-refractivity contribution in [3.63, 3.8) is 0 Å². The molecule has 114 valence electrons. The Hall–Kier alpha value is -1.88. The quantitative estimate of drug-likeness (QED) is 0.847. The van der Waals surface area contributed by atoms with Crippen molar-refractivity contribution in [1.29, 1.82) is 0 Å². The van der Waals surface area contributed by atoms with Crippen LogP contribution in [0.2, 0.25) is 0 Å². The van der Waals surface area contributed by atoms with Gasteiger partial charge in [0.1, 0.15) is 12.4 Å². The van der Waals surface area contributed by atoms with Crippen LogP contribution in [0.4, 0.5) is 10.1 Å². The molecule has 0 saturated carbocycles. The monoisotopic (exact) mass is 292 g/mol. The second-order valence-electron chi connectivity index (χ2n) is 5.10.